The van der Waals surface area contributed by atoms with Crippen LogP contribution in [0.25, 0.3) is 0 Å². The average molecular weight is 329 g/mol. The van der Waals surface area contributed by atoms with Crippen molar-refractivity contribution in [1.82, 2.24) is 4.98 Å². The number of carbonyl (C=O) groups is 1. The van der Waals surface area contributed by atoms with E-state index >= 15 is 0 Å². The number of nitrogens with two attached hydrogens (primary N) is 1. The molecule has 0 radical (unpaired) electrons. The van der Waals surface area contributed by atoms with Gasteiger partial charge in [0, 0.05) is 36.2 Å². The van der Waals surface area contributed by atoms with Crippen LogP contribution in [0.2, 0.25) is 5.02 Å². The van der Waals surface area contributed by atoms with Gasteiger partial charge >= 0.3 is 6.18 Å². The molecule has 1 rings (SSSR count). The number of aliphatic carboxylic acids is 1. The maximum atomic E-state index is 12.1. The number of alkyl halides is 3. The average Bonchev–Trinajstić information content (AvgIpc) is 2.15. The van der Waals surface area contributed by atoms with E-state index in [2.05, 4.69) is 4.98 Å². The van der Waals surface area contributed by atoms with E-state index in [-0.39, 0.29) is 33.8 Å². The molecule has 0 spiro atoms. The van der Waals surface area contributed by atoms with Crippen molar-refractivity contribution in [2.45, 2.75) is 19.6 Å². The zero-order valence-electron chi connectivity index (χ0n) is 9.07. The Bertz CT molecular complexity index is 398. The molecule has 0 amide bonds. The van der Waals surface area contributed by atoms with Gasteiger partial charge in [-0.1, -0.05) is 11.6 Å². The van der Waals surface area contributed by atoms with Crippen LogP contribution >= 0.6 is 11.6 Å². The van der Waals surface area contributed by atoms with Crippen LogP contribution in [-0.4, -0.2) is 16.1 Å². The van der Waals surface area contributed by atoms with Crippen molar-refractivity contribution < 1.29 is 39.6 Å². The number of pyridine rings is 1. The van der Waals surface area contributed by atoms with Gasteiger partial charge in [-0.25, -0.2) is 0 Å². The number of hydrogen-bond donors (Lipinski definition) is 2. The fourth-order valence-electron chi connectivity index (χ4n) is 0.771. The molecule has 1 aromatic heterocycles. The molecular weight excluding hydrogens is 319 g/mol. The van der Waals surface area contributed by atoms with Gasteiger partial charge in [0.2, 0.25) is 0 Å². The third kappa shape index (κ3) is 7.47. The van der Waals surface area contributed by atoms with E-state index in [1.807, 2.05) is 0 Å². The van der Waals surface area contributed by atoms with E-state index in [9.17, 15) is 13.2 Å². The van der Waals surface area contributed by atoms with E-state index in [4.69, 9.17) is 27.2 Å². The largest absolute Gasteiger partial charge is 0.481 e. The Labute approximate surface area is 116 Å². The minimum absolute atomic E-state index is 0. The quantitative estimate of drug-likeness (QED) is 0.775. The number of carboxylic acid groups (broad SMARTS) is 1. The summed E-state index contributed by atoms with van der Waals surface area (Å²) < 4.78 is 36.2. The number of rotatable bonds is 1. The van der Waals surface area contributed by atoms with Crippen LogP contribution in [-0.2, 0) is 34.0 Å². The SMILES string of the molecule is CC(=O)O.NCc1ncc(C(F)(F)F)cc1Cl.[Ni]. The summed E-state index contributed by atoms with van der Waals surface area (Å²) in [5.41, 5.74) is 4.57. The Hall–Kier alpha value is -0.846. The van der Waals surface area contributed by atoms with Gasteiger partial charge in [-0.2, -0.15) is 13.2 Å². The monoisotopic (exact) mass is 328 g/mol. The van der Waals surface area contributed by atoms with Crippen LogP contribution in [0.5, 0.6) is 0 Å². The predicted octanol–water partition coefficient (Wildman–Crippen LogP) is 2.30. The van der Waals surface area contributed by atoms with Gasteiger partial charge in [-0.3, -0.25) is 9.78 Å². The number of carboxylic acids is 1. The Balaban J connectivity index is 0. The van der Waals surface area contributed by atoms with Crippen LogP contribution in [0.3, 0.4) is 0 Å². The molecule has 0 unspecified atom stereocenters. The van der Waals surface area contributed by atoms with Crippen molar-refractivity contribution in [3.05, 3.63) is 28.5 Å². The molecule has 0 aliphatic heterocycles. The molecule has 0 saturated heterocycles. The molecule has 9 heteroatoms. The topological polar surface area (TPSA) is 76.2 Å². The molecule has 0 saturated carbocycles. The van der Waals surface area contributed by atoms with E-state index in [1.54, 1.807) is 0 Å². The zero-order valence-corrected chi connectivity index (χ0v) is 10.8. The molecule has 0 aliphatic rings. The first kappa shape index (κ1) is 19.5. The first-order valence-electron chi connectivity index (χ1n) is 4.29. The minimum atomic E-state index is -4.41. The molecule has 0 bridgehead atoms. The predicted molar refractivity (Wildman–Crippen MR) is 55.5 cm³/mol. The third-order valence-electron chi connectivity index (χ3n) is 1.44. The molecule has 4 nitrogen and oxygen atoms in total. The fourth-order valence-corrected chi connectivity index (χ4v) is 1.01. The second kappa shape index (κ2) is 8.29. The van der Waals surface area contributed by atoms with Crippen molar-refractivity contribution >= 4 is 17.6 Å². The Morgan fingerprint density at radius 1 is 1.56 bits per heavy atom. The summed E-state index contributed by atoms with van der Waals surface area (Å²) in [6, 6.07) is 0.816. The molecule has 1 aromatic rings. The van der Waals surface area contributed by atoms with E-state index in [0.717, 1.165) is 13.0 Å². The molecule has 1 heterocycles. The standard InChI is InChI=1S/C7H6ClF3N2.C2H4O2.Ni/c8-5-1-4(7(9,10)11)3-13-6(5)2-12;1-2(3)4;/h1,3H,2,12H2;1H3,(H,3,4);. The summed E-state index contributed by atoms with van der Waals surface area (Å²) >= 11 is 5.49. The maximum absolute atomic E-state index is 12.1. The second-order valence-corrected chi connectivity index (χ2v) is 3.28. The van der Waals surface area contributed by atoms with E-state index in [0.29, 0.717) is 6.20 Å². The van der Waals surface area contributed by atoms with Gasteiger partial charge < -0.3 is 10.8 Å². The molecule has 3 N–H and O–H groups in total. The fraction of sp³-hybridized carbons (Fsp3) is 0.333. The van der Waals surface area contributed by atoms with Gasteiger partial charge in [0.05, 0.1) is 16.3 Å². The third-order valence-corrected chi connectivity index (χ3v) is 1.77. The van der Waals surface area contributed by atoms with Gasteiger partial charge in [0.15, 0.2) is 0 Å². The minimum Gasteiger partial charge on any atom is -0.481 e. The van der Waals surface area contributed by atoms with Crippen LogP contribution in [0, 0.1) is 0 Å². The summed E-state index contributed by atoms with van der Waals surface area (Å²) in [5.74, 6) is -0.833. The van der Waals surface area contributed by atoms with Crippen molar-refractivity contribution in [2.75, 3.05) is 0 Å². The first-order valence-corrected chi connectivity index (χ1v) is 4.67. The normalized spacial score (nSPS) is 9.89. The Kier molecular flexibility index (Phi) is 8.98. The maximum Gasteiger partial charge on any atom is 0.417 e. The second-order valence-electron chi connectivity index (χ2n) is 2.87. The number of aromatic nitrogens is 1. The van der Waals surface area contributed by atoms with Crippen molar-refractivity contribution in [3.8, 4) is 0 Å². The summed E-state index contributed by atoms with van der Waals surface area (Å²) in [5, 5.41) is 7.36. The van der Waals surface area contributed by atoms with Gasteiger partial charge in [-0.15, -0.1) is 0 Å². The smallest absolute Gasteiger partial charge is 0.417 e. The van der Waals surface area contributed by atoms with Gasteiger partial charge in [0.1, 0.15) is 0 Å². The van der Waals surface area contributed by atoms with E-state index in [1.165, 1.54) is 0 Å². The molecule has 0 atom stereocenters. The number of nitrogens with zero attached hydrogens (tertiary/aromatic N) is 1. The summed E-state index contributed by atoms with van der Waals surface area (Å²) in [6.45, 7) is 1.11. The molecule has 106 valence electrons. The number of hydrogen-bond acceptors (Lipinski definition) is 3. The van der Waals surface area contributed by atoms with Gasteiger partial charge in [0.25, 0.3) is 5.97 Å². The van der Waals surface area contributed by atoms with Crippen LogP contribution in [0.4, 0.5) is 13.2 Å². The van der Waals surface area contributed by atoms with Gasteiger partial charge in [-0.05, 0) is 6.07 Å². The molecular formula is C9H10ClF3N2NiO2. The van der Waals surface area contributed by atoms with Crippen LogP contribution in [0.15, 0.2) is 12.3 Å². The number of halogens is 4. The molecule has 0 aromatic carbocycles. The van der Waals surface area contributed by atoms with Crippen molar-refractivity contribution in [2.24, 2.45) is 5.73 Å². The molecule has 0 aliphatic carbocycles. The van der Waals surface area contributed by atoms with Crippen LogP contribution in [0.1, 0.15) is 18.2 Å². The van der Waals surface area contributed by atoms with Crippen molar-refractivity contribution in [1.29, 1.82) is 0 Å². The first-order chi connectivity index (χ1) is 7.68. The van der Waals surface area contributed by atoms with Crippen molar-refractivity contribution in [3.63, 3.8) is 0 Å². The van der Waals surface area contributed by atoms with Crippen LogP contribution < -0.4 is 5.73 Å². The van der Waals surface area contributed by atoms with E-state index < -0.39 is 17.7 Å². The summed E-state index contributed by atoms with van der Waals surface area (Å²) in [4.78, 5) is 12.5. The summed E-state index contributed by atoms with van der Waals surface area (Å²) in [7, 11) is 0. The Morgan fingerprint density at radius 3 is 2.28 bits per heavy atom. The summed E-state index contributed by atoms with van der Waals surface area (Å²) in [6.07, 6.45) is -3.70. The molecule has 18 heavy (non-hydrogen) atoms. The molecule has 0 fully saturated rings. The Morgan fingerprint density at radius 2 is 2.00 bits per heavy atom. The zero-order chi connectivity index (χ0) is 13.6.